The average Bonchev–Trinajstić information content (AvgIpc) is 2.64. The van der Waals surface area contributed by atoms with Crippen LogP contribution in [0.2, 0.25) is 0 Å². The van der Waals surface area contributed by atoms with Crippen LogP contribution < -0.4 is 10.2 Å². The Morgan fingerprint density at radius 3 is 2.46 bits per heavy atom. The highest BCUT2D eigenvalue weighted by atomic mass is 16.2. The van der Waals surface area contributed by atoms with Gasteiger partial charge in [0.2, 0.25) is 5.95 Å². The van der Waals surface area contributed by atoms with Gasteiger partial charge in [0, 0.05) is 51.7 Å². The van der Waals surface area contributed by atoms with Gasteiger partial charge in [0.05, 0.1) is 0 Å². The van der Waals surface area contributed by atoms with Crippen LogP contribution in [-0.4, -0.2) is 78.2 Å². The highest BCUT2D eigenvalue weighted by Crippen LogP contribution is 2.15. The monoisotopic (exact) mass is 332 g/mol. The van der Waals surface area contributed by atoms with E-state index >= 15 is 0 Å². The van der Waals surface area contributed by atoms with E-state index < -0.39 is 0 Å². The van der Waals surface area contributed by atoms with Crippen LogP contribution in [0.1, 0.15) is 19.8 Å². The number of hydrogen-bond acceptors (Lipinski definition) is 5. The maximum atomic E-state index is 12.3. The van der Waals surface area contributed by atoms with E-state index in [4.69, 9.17) is 0 Å². The van der Waals surface area contributed by atoms with Crippen molar-refractivity contribution in [1.82, 2.24) is 25.1 Å². The first-order chi connectivity index (χ1) is 11.7. The molecule has 0 unspecified atom stereocenters. The van der Waals surface area contributed by atoms with Gasteiger partial charge in [0.15, 0.2) is 0 Å². The molecule has 2 fully saturated rings. The molecule has 1 aromatic heterocycles. The van der Waals surface area contributed by atoms with Crippen molar-refractivity contribution >= 4 is 12.0 Å². The number of nitrogens with one attached hydrogen (secondary N) is 1. The summed E-state index contributed by atoms with van der Waals surface area (Å²) in [5, 5.41) is 3.06. The Hall–Kier alpha value is -1.89. The van der Waals surface area contributed by atoms with Crippen LogP contribution in [0.15, 0.2) is 18.5 Å². The summed E-state index contributed by atoms with van der Waals surface area (Å²) >= 11 is 0. The number of hydrogen-bond donors (Lipinski definition) is 1. The lowest BCUT2D eigenvalue weighted by Gasteiger charge is -2.35. The topological polar surface area (TPSA) is 64.6 Å². The summed E-state index contributed by atoms with van der Waals surface area (Å²) in [6.45, 7) is 9.31. The molecule has 1 aromatic rings. The second kappa shape index (κ2) is 8.28. The molecule has 7 nitrogen and oxygen atoms in total. The number of piperazine rings is 1. The normalized spacial score (nSPS) is 20.2. The number of carbonyl (C=O) groups excluding carboxylic acids is 1. The number of urea groups is 1. The van der Waals surface area contributed by atoms with Gasteiger partial charge in [-0.1, -0.05) is 6.92 Å². The Morgan fingerprint density at radius 2 is 1.79 bits per heavy atom. The number of carbonyl (C=O) groups is 1. The van der Waals surface area contributed by atoms with E-state index in [0.29, 0.717) is 13.1 Å². The highest BCUT2D eigenvalue weighted by Gasteiger charge is 2.22. The molecule has 7 heteroatoms. The lowest BCUT2D eigenvalue weighted by atomic mass is 9.99. The fourth-order valence-corrected chi connectivity index (χ4v) is 3.28. The van der Waals surface area contributed by atoms with Crippen LogP contribution >= 0.6 is 0 Å². The van der Waals surface area contributed by atoms with Gasteiger partial charge in [-0.15, -0.1) is 0 Å². The van der Waals surface area contributed by atoms with E-state index in [1.807, 2.05) is 11.0 Å². The zero-order chi connectivity index (χ0) is 16.8. The summed E-state index contributed by atoms with van der Waals surface area (Å²) in [4.78, 5) is 27.3. The lowest BCUT2D eigenvalue weighted by molar-refractivity contribution is 0.179. The Morgan fingerprint density at radius 1 is 1.12 bits per heavy atom. The fourth-order valence-electron chi connectivity index (χ4n) is 3.28. The van der Waals surface area contributed by atoms with Crippen molar-refractivity contribution in [2.24, 2.45) is 5.92 Å². The van der Waals surface area contributed by atoms with Gasteiger partial charge in [-0.2, -0.15) is 0 Å². The minimum Gasteiger partial charge on any atom is -0.337 e. The first-order valence-electron chi connectivity index (χ1n) is 8.99. The molecule has 2 aliphatic rings. The van der Waals surface area contributed by atoms with E-state index in [2.05, 4.69) is 32.0 Å². The van der Waals surface area contributed by atoms with Gasteiger partial charge in [-0.25, -0.2) is 14.8 Å². The molecule has 0 radical (unpaired) electrons. The largest absolute Gasteiger partial charge is 0.337 e. The molecule has 2 aliphatic heterocycles. The van der Waals surface area contributed by atoms with Crippen molar-refractivity contribution in [3.05, 3.63) is 18.5 Å². The molecular formula is C17H28N6O. The molecule has 0 aromatic carbocycles. The minimum absolute atomic E-state index is 0.0500. The number of anilines is 1. The first-order valence-corrected chi connectivity index (χ1v) is 8.99. The van der Waals surface area contributed by atoms with Crippen LogP contribution in [0.5, 0.6) is 0 Å². The van der Waals surface area contributed by atoms with E-state index in [1.165, 1.54) is 12.8 Å². The second-order valence-corrected chi connectivity index (χ2v) is 6.78. The van der Waals surface area contributed by atoms with Crippen molar-refractivity contribution in [1.29, 1.82) is 0 Å². The molecule has 2 saturated heterocycles. The summed E-state index contributed by atoms with van der Waals surface area (Å²) in [5.74, 6) is 1.60. The predicted molar refractivity (Wildman–Crippen MR) is 94.1 cm³/mol. The molecule has 2 amide bonds. The van der Waals surface area contributed by atoms with Crippen molar-refractivity contribution in [2.75, 3.05) is 57.3 Å². The number of aromatic nitrogens is 2. The quantitative estimate of drug-likeness (QED) is 0.892. The summed E-state index contributed by atoms with van der Waals surface area (Å²) in [6.07, 6.45) is 6.06. The molecule has 132 valence electrons. The molecule has 0 spiro atoms. The van der Waals surface area contributed by atoms with Crippen molar-refractivity contribution < 1.29 is 4.79 Å². The van der Waals surface area contributed by atoms with Crippen LogP contribution in [0.3, 0.4) is 0 Å². The van der Waals surface area contributed by atoms with Gasteiger partial charge in [-0.05, 0) is 37.9 Å². The van der Waals surface area contributed by atoms with Gasteiger partial charge < -0.3 is 20.0 Å². The summed E-state index contributed by atoms with van der Waals surface area (Å²) in [7, 11) is 0. The van der Waals surface area contributed by atoms with Crippen LogP contribution in [0.4, 0.5) is 10.7 Å². The third-order valence-electron chi connectivity index (χ3n) is 4.98. The third kappa shape index (κ3) is 4.56. The predicted octanol–water partition coefficient (Wildman–Crippen LogP) is 1.04. The molecule has 0 saturated carbocycles. The smallest absolute Gasteiger partial charge is 0.317 e. The van der Waals surface area contributed by atoms with Gasteiger partial charge in [-0.3, -0.25) is 0 Å². The second-order valence-electron chi connectivity index (χ2n) is 6.78. The zero-order valence-electron chi connectivity index (χ0n) is 14.5. The van der Waals surface area contributed by atoms with Crippen LogP contribution in [0, 0.1) is 5.92 Å². The lowest BCUT2D eigenvalue weighted by Crippen LogP contribution is -2.53. The van der Waals surface area contributed by atoms with Gasteiger partial charge in [0.1, 0.15) is 0 Å². The maximum Gasteiger partial charge on any atom is 0.317 e. The van der Waals surface area contributed by atoms with Crippen LogP contribution in [-0.2, 0) is 0 Å². The number of nitrogens with zero attached hydrogens (tertiary/aromatic N) is 5. The molecule has 24 heavy (non-hydrogen) atoms. The molecule has 3 heterocycles. The fraction of sp³-hybridized carbons (Fsp3) is 0.706. The van der Waals surface area contributed by atoms with E-state index in [-0.39, 0.29) is 6.03 Å². The summed E-state index contributed by atoms with van der Waals surface area (Å²) in [6, 6.07) is 1.87. The van der Waals surface area contributed by atoms with Crippen molar-refractivity contribution in [2.45, 2.75) is 19.8 Å². The number of piperidine rings is 1. The first kappa shape index (κ1) is 17.0. The highest BCUT2D eigenvalue weighted by molar-refractivity contribution is 5.74. The number of rotatable bonds is 4. The van der Waals surface area contributed by atoms with Crippen LogP contribution in [0.25, 0.3) is 0 Å². The Labute approximate surface area is 144 Å². The van der Waals surface area contributed by atoms with Gasteiger partial charge in [0.25, 0.3) is 0 Å². The standard InChI is InChI=1S/C17H28N6O/c1-15-3-8-21(9-4-15)10-7-20-17(24)23-13-11-22(12-14-23)16-18-5-2-6-19-16/h2,5-6,15H,3-4,7-14H2,1H3,(H,20,24). The third-order valence-corrected chi connectivity index (χ3v) is 4.98. The summed E-state index contributed by atoms with van der Waals surface area (Å²) < 4.78 is 0. The molecule has 0 aliphatic carbocycles. The van der Waals surface area contributed by atoms with Gasteiger partial charge >= 0.3 is 6.03 Å². The van der Waals surface area contributed by atoms with E-state index in [1.54, 1.807) is 12.4 Å². The molecular weight excluding hydrogens is 304 g/mol. The summed E-state index contributed by atoms with van der Waals surface area (Å²) in [5.41, 5.74) is 0. The zero-order valence-corrected chi connectivity index (χ0v) is 14.5. The molecule has 0 atom stereocenters. The number of likely N-dealkylation sites (tertiary alicyclic amines) is 1. The SMILES string of the molecule is CC1CCN(CCNC(=O)N2CCN(c3ncccn3)CC2)CC1. The maximum absolute atomic E-state index is 12.3. The number of amides is 2. The molecule has 0 bridgehead atoms. The Balaban J connectivity index is 1.35. The van der Waals surface area contributed by atoms with E-state index in [9.17, 15) is 4.79 Å². The van der Waals surface area contributed by atoms with Crippen molar-refractivity contribution in [3.8, 4) is 0 Å². The molecule has 1 N–H and O–H groups in total. The van der Waals surface area contributed by atoms with Crippen molar-refractivity contribution in [3.63, 3.8) is 0 Å². The Kier molecular flexibility index (Phi) is 5.85. The average molecular weight is 332 g/mol. The van der Waals surface area contributed by atoms with E-state index in [0.717, 1.165) is 51.1 Å². The molecule has 3 rings (SSSR count). The minimum atomic E-state index is 0.0500. The Bertz CT molecular complexity index is 509.